The van der Waals surface area contributed by atoms with E-state index in [0.29, 0.717) is 12.3 Å². The van der Waals surface area contributed by atoms with Crippen LogP contribution in [0.5, 0.6) is 5.75 Å². The van der Waals surface area contributed by atoms with Gasteiger partial charge in [-0.25, -0.2) is 18.1 Å². The Morgan fingerprint density at radius 2 is 1.67 bits per heavy atom. The molecule has 0 bridgehead atoms. The van der Waals surface area contributed by atoms with E-state index in [1.165, 1.54) is 17.7 Å². The lowest BCUT2D eigenvalue weighted by Gasteiger charge is -2.11. The van der Waals surface area contributed by atoms with Crippen LogP contribution in [0.15, 0.2) is 77.7 Å². The molecule has 1 heterocycles. The van der Waals surface area contributed by atoms with Crippen molar-refractivity contribution in [2.75, 3.05) is 13.7 Å². The summed E-state index contributed by atoms with van der Waals surface area (Å²) in [5.41, 5.74) is 4.02. The van der Waals surface area contributed by atoms with Gasteiger partial charge in [-0.2, -0.15) is 0 Å². The molecule has 0 saturated heterocycles. The third-order valence-corrected chi connectivity index (χ3v) is 6.44. The molecule has 0 spiro atoms. The smallest absolute Gasteiger partial charge is 0.240 e. The largest absolute Gasteiger partial charge is 0.497 e. The van der Waals surface area contributed by atoms with Crippen LogP contribution in [0.3, 0.4) is 0 Å². The second-order valence-corrected chi connectivity index (χ2v) is 8.78. The molecule has 154 valence electrons. The Bertz CT molecular complexity index is 1260. The van der Waals surface area contributed by atoms with Crippen molar-refractivity contribution in [1.29, 1.82) is 0 Å². The summed E-state index contributed by atoms with van der Waals surface area (Å²) in [7, 11) is -2.07. The number of hydrogen-bond donors (Lipinski definition) is 1. The quantitative estimate of drug-likeness (QED) is 0.490. The van der Waals surface area contributed by atoms with Gasteiger partial charge in [-0.15, -0.1) is 0 Å². The number of methoxy groups -OCH3 is 1. The number of hydrogen-bond acceptors (Lipinski definition) is 4. The summed E-state index contributed by atoms with van der Waals surface area (Å²) in [6.07, 6.45) is 0. The van der Waals surface area contributed by atoms with Crippen molar-refractivity contribution < 1.29 is 13.2 Å². The lowest BCUT2D eigenvalue weighted by atomic mass is 10.1. The van der Waals surface area contributed by atoms with Gasteiger partial charge in [0, 0.05) is 18.7 Å². The van der Waals surface area contributed by atoms with E-state index >= 15 is 0 Å². The number of para-hydroxylation sites is 2. The fourth-order valence-electron chi connectivity index (χ4n) is 3.35. The van der Waals surface area contributed by atoms with Crippen molar-refractivity contribution in [3.8, 4) is 17.1 Å². The molecule has 4 aromatic rings. The van der Waals surface area contributed by atoms with E-state index in [9.17, 15) is 8.42 Å². The van der Waals surface area contributed by atoms with Crippen LogP contribution in [0.25, 0.3) is 22.4 Å². The zero-order chi connectivity index (χ0) is 21.1. The minimum absolute atomic E-state index is 0.206. The van der Waals surface area contributed by atoms with E-state index < -0.39 is 10.0 Å². The summed E-state index contributed by atoms with van der Waals surface area (Å²) < 4.78 is 35.1. The number of imidazole rings is 1. The Balaban J connectivity index is 1.59. The summed E-state index contributed by atoms with van der Waals surface area (Å²) in [6, 6.07) is 22.4. The lowest BCUT2D eigenvalue weighted by Crippen LogP contribution is -2.27. The normalized spacial score (nSPS) is 11.7. The van der Waals surface area contributed by atoms with Gasteiger partial charge in [0.2, 0.25) is 10.0 Å². The first-order valence-electron chi connectivity index (χ1n) is 9.64. The van der Waals surface area contributed by atoms with Crippen LogP contribution in [0.1, 0.15) is 5.56 Å². The molecule has 3 aromatic carbocycles. The van der Waals surface area contributed by atoms with Gasteiger partial charge in [0.25, 0.3) is 0 Å². The van der Waals surface area contributed by atoms with Crippen LogP contribution in [-0.4, -0.2) is 31.6 Å². The van der Waals surface area contributed by atoms with Crippen molar-refractivity contribution in [1.82, 2.24) is 14.3 Å². The van der Waals surface area contributed by atoms with E-state index in [1.54, 1.807) is 19.2 Å². The third-order valence-electron chi connectivity index (χ3n) is 4.96. The fraction of sp³-hybridized carbons (Fsp3) is 0.174. The van der Waals surface area contributed by atoms with Gasteiger partial charge in [-0.1, -0.05) is 42.0 Å². The first-order valence-corrected chi connectivity index (χ1v) is 11.1. The van der Waals surface area contributed by atoms with Crippen molar-refractivity contribution >= 4 is 21.1 Å². The molecular weight excluding hydrogens is 398 g/mol. The molecule has 0 aliphatic heterocycles. The van der Waals surface area contributed by atoms with Gasteiger partial charge in [-0.3, -0.25) is 0 Å². The molecule has 6 nitrogen and oxygen atoms in total. The van der Waals surface area contributed by atoms with Crippen LogP contribution in [-0.2, 0) is 16.6 Å². The highest BCUT2D eigenvalue weighted by Crippen LogP contribution is 2.25. The molecule has 0 aliphatic carbocycles. The maximum Gasteiger partial charge on any atom is 0.240 e. The highest BCUT2D eigenvalue weighted by atomic mass is 32.2. The topological polar surface area (TPSA) is 73.2 Å². The van der Waals surface area contributed by atoms with Crippen LogP contribution in [0.2, 0.25) is 0 Å². The van der Waals surface area contributed by atoms with E-state index in [0.717, 1.165) is 22.4 Å². The Kier molecular flexibility index (Phi) is 5.57. The second kappa shape index (κ2) is 8.30. The summed E-state index contributed by atoms with van der Waals surface area (Å²) in [6.45, 7) is 2.74. The third kappa shape index (κ3) is 4.08. The van der Waals surface area contributed by atoms with Crippen LogP contribution >= 0.6 is 0 Å². The number of ether oxygens (including phenoxy) is 1. The van der Waals surface area contributed by atoms with E-state index in [1.807, 2.05) is 55.5 Å². The average molecular weight is 422 g/mol. The van der Waals surface area contributed by atoms with E-state index in [-0.39, 0.29) is 11.4 Å². The van der Waals surface area contributed by atoms with Gasteiger partial charge >= 0.3 is 0 Å². The van der Waals surface area contributed by atoms with Crippen LogP contribution in [0, 0.1) is 6.92 Å². The molecule has 0 saturated carbocycles. The summed E-state index contributed by atoms with van der Waals surface area (Å²) in [4.78, 5) is 4.98. The summed E-state index contributed by atoms with van der Waals surface area (Å²) in [5.74, 6) is 1.43. The number of rotatable bonds is 7. The number of sulfonamides is 1. The number of nitrogens with one attached hydrogen (secondary N) is 1. The zero-order valence-electron chi connectivity index (χ0n) is 16.9. The van der Waals surface area contributed by atoms with Crippen molar-refractivity contribution in [2.24, 2.45) is 0 Å². The predicted molar refractivity (Wildman–Crippen MR) is 118 cm³/mol. The Labute approximate surface area is 176 Å². The first-order chi connectivity index (χ1) is 14.5. The van der Waals surface area contributed by atoms with Crippen LogP contribution in [0.4, 0.5) is 0 Å². The van der Waals surface area contributed by atoms with Gasteiger partial charge in [0.1, 0.15) is 11.6 Å². The van der Waals surface area contributed by atoms with Gasteiger partial charge in [0.15, 0.2) is 0 Å². The minimum Gasteiger partial charge on any atom is -0.497 e. The van der Waals surface area contributed by atoms with Crippen molar-refractivity contribution in [2.45, 2.75) is 18.4 Å². The van der Waals surface area contributed by atoms with E-state index in [4.69, 9.17) is 9.72 Å². The summed E-state index contributed by atoms with van der Waals surface area (Å²) in [5, 5.41) is 0. The van der Waals surface area contributed by atoms with Gasteiger partial charge in [-0.05, 0) is 43.3 Å². The second-order valence-electron chi connectivity index (χ2n) is 7.02. The SMILES string of the molecule is COc1ccc(S(=O)(=O)NCCn2c(-c3ccc(C)cc3)nc3ccccc32)cc1. The molecular formula is C23H23N3O3S. The number of fused-ring (bicyclic) bond motifs is 1. The monoisotopic (exact) mass is 421 g/mol. The molecule has 1 aromatic heterocycles. The minimum atomic E-state index is -3.61. The van der Waals surface area contributed by atoms with Crippen molar-refractivity contribution in [3.05, 3.63) is 78.4 Å². The Morgan fingerprint density at radius 1 is 0.967 bits per heavy atom. The first kappa shape index (κ1) is 20.1. The standard InChI is InChI=1S/C23H23N3O3S/c1-17-7-9-18(10-8-17)23-25-21-5-3-4-6-22(21)26(23)16-15-24-30(27,28)20-13-11-19(29-2)12-14-20/h3-14,24H,15-16H2,1-2H3. The number of aryl methyl sites for hydroxylation is 1. The van der Waals surface area contributed by atoms with Crippen LogP contribution < -0.4 is 9.46 Å². The average Bonchev–Trinajstić information content (AvgIpc) is 3.13. The zero-order valence-corrected chi connectivity index (χ0v) is 17.7. The predicted octanol–water partition coefficient (Wildman–Crippen LogP) is 4.00. The molecule has 0 radical (unpaired) electrons. The molecule has 7 heteroatoms. The number of nitrogens with zero attached hydrogens (tertiary/aromatic N) is 2. The maximum atomic E-state index is 12.6. The molecule has 0 atom stereocenters. The number of benzene rings is 3. The molecule has 0 aliphatic rings. The highest BCUT2D eigenvalue weighted by Gasteiger charge is 2.16. The lowest BCUT2D eigenvalue weighted by molar-refractivity contribution is 0.414. The molecule has 0 unspecified atom stereocenters. The Hall–Kier alpha value is -3.16. The van der Waals surface area contributed by atoms with Gasteiger partial charge in [0.05, 0.1) is 23.0 Å². The summed E-state index contributed by atoms with van der Waals surface area (Å²) >= 11 is 0. The highest BCUT2D eigenvalue weighted by molar-refractivity contribution is 7.89. The molecule has 0 fully saturated rings. The van der Waals surface area contributed by atoms with Gasteiger partial charge < -0.3 is 9.30 Å². The van der Waals surface area contributed by atoms with E-state index in [2.05, 4.69) is 9.29 Å². The number of aromatic nitrogens is 2. The van der Waals surface area contributed by atoms with Crippen molar-refractivity contribution in [3.63, 3.8) is 0 Å². The molecule has 4 rings (SSSR count). The molecule has 30 heavy (non-hydrogen) atoms. The Morgan fingerprint density at radius 3 is 2.37 bits per heavy atom. The molecule has 0 amide bonds. The molecule has 1 N–H and O–H groups in total. The maximum absolute atomic E-state index is 12.6. The fourth-order valence-corrected chi connectivity index (χ4v) is 4.38.